The summed E-state index contributed by atoms with van der Waals surface area (Å²) in [6, 6.07) is 26.9. The molecule has 11 heteroatoms. The summed E-state index contributed by atoms with van der Waals surface area (Å²) in [7, 11) is -9.13. The third kappa shape index (κ3) is 13.9. The zero-order chi connectivity index (χ0) is 33.4. The molecule has 0 aliphatic heterocycles. The molecule has 0 radical (unpaired) electrons. The number of aryl methyl sites for hydroxylation is 2. The second kappa shape index (κ2) is 20.8. The van der Waals surface area contributed by atoms with Gasteiger partial charge in [-0.25, -0.2) is 16.8 Å². The zero-order valence-corrected chi connectivity index (χ0v) is 30.9. The average Bonchev–Trinajstić information content (AvgIpc) is 3.03. The van der Waals surface area contributed by atoms with Gasteiger partial charge < -0.3 is 18.6 Å². The minimum Gasteiger partial charge on any atom is -0.744 e. The number of para-hydroxylation sites is 4. The van der Waals surface area contributed by atoms with E-state index in [1.807, 2.05) is 36.4 Å². The number of hydrogen-bond donors (Lipinski definition) is 0. The van der Waals surface area contributed by atoms with Gasteiger partial charge in [-0.15, -0.1) is 0 Å². The summed E-state index contributed by atoms with van der Waals surface area (Å²) in [6.45, 7) is 4.33. The van der Waals surface area contributed by atoms with E-state index < -0.39 is 20.2 Å². The predicted octanol–water partition coefficient (Wildman–Crippen LogP) is 8.63. The molecule has 0 aliphatic rings. The molecule has 0 spiro atoms. The summed E-state index contributed by atoms with van der Waals surface area (Å²) in [5.74, 6) is 1.34. The van der Waals surface area contributed by atoms with Gasteiger partial charge in [-0.05, 0) is 73.2 Å². The first kappa shape index (κ1) is 40.7. The molecule has 0 saturated heterocycles. The maximum Gasteiger partial charge on any atom is 2.00 e. The Labute approximate surface area is 310 Å². The SMILES string of the molecule is CCCCCCc1ccccc1Oc1ccccc1S(=O)(=O)[O-].CCCCCCc1ccccc1Oc1ccccc1S(=O)(=O)[O-].[Ca+2]. The Morgan fingerprint density at radius 1 is 0.468 bits per heavy atom. The Morgan fingerprint density at radius 3 is 1.13 bits per heavy atom. The van der Waals surface area contributed by atoms with Crippen molar-refractivity contribution >= 4 is 58.0 Å². The molecule has 0 saturated carbocycles. The molecule has 0 amide bonds. The quantitative estimate of drug-likeness (QED) is 0.0643. The molecule has 0 bridgehead atoms. The molecule has 0 atom stereocenters. The van der Waals surface area contributed by atoms with Gasteiger partial charge >= 0.3 is 37.7 Å². The van der Waals surface area contributed by atoms with E-state index in [2.05, 4.69) is 13.8 Å². The fourth-order valence-electron chi connectivity index (χ4n) is 4.82. The first-order valence-corrected chi connectivity index (χ1v) is 18.5. The third-order valence-corrected chi connectivity index (χ3v) is 8.97. The van der Waals surface area contributed by atoms with Crippen molar-refractivity contribution in [1.29, 1.82) is 0 Å². The van der Waals surface area contributed by atoms with Gasteiger partial charge in [-0.3, -0.25) is 0 Å². The summed E-state index contributed by atoms with van der Waals surface area (Å²) in [4.78, 5) is -0.665. The van der Waals surface area contributed by atoms with E-state index in [0.717, 1.165) is 49.7 Å². The normalized spacial score (nSPS) is 11.1. The molecular formula is C36H42CaO8S2. The maximum absolute atomic E-state index is 11.3. The molecule has 0 aliphatic carbocycles. The number of hydrogen-bond acceptors (Lipinski definition) is 8. The number of unbranched alkanes of at least 4 members (excludes halogenated alkanes) is 6. The van der Waals surface area contributed by atoms with Crippen LogP contribution in [0.5, 0.6) is 23.0 Å². The zero-order valence-electron chi connectivity index (χ0n) is 27.1. The molecule has 4 rings (SSSR count). The van der Waals surface area contributed by atoms with E-state index in [-0.39, 0.29) is 59.0 Å². The molecule has 0 N–H and O–H groups in total. The van der Waals surface area contributed by atoms with Gasteiger partial charge in [0, 0.05) is 0 Å². The van der Waals surface area contributed by atoms with E-state index in [0.29, 0.717) is 11.5 Å². The van der Waals surface area contributed by atoms with E-state index in [4.69, 9.17) is 9.47 Å². The van der Waals surface area contributed by atoms with Crippen LogP contribution in [0.25, 0.3) is 0 Å². The maximum atomic E-state index is 11.3. The van der Waals surface area contributed by atoms with Gasteiger partial charge in [0.1, 0.15) is 43.2 Å². The fourth-order valence-corrected chi connectivity index (χ4v) is 6.03. The van der Waals surface area contributed by atoms with Crippen LogP contribution in [0.2, 0.25) is 0 Å². The molecule has 0 aromatic heterocycles. The van der Waals surface area contributed by atoms with E-state index in [1.54, 1.807) is 24.3 Å². The molecule has 0 heterocycles. The summed E-state index contributed by atoms with van der Waals surface area (Å²) in [6.07, 6.45) is 10.9. The first-order chi connectivity index (χ1) is 22.0. The van der Waals surface area contributed by atoms with Crippen molar-refractivity contribution in [3.05, 3.63) is 108 Å². The number of benzene rings is 4. The van der Waals surface area contributed by atoms with Crippen LogP contribution in [0.4, 0.5) is 0 Å². The van der Waals surface area contributed by atoms with Crippen molar-refractivity contribution in [1.82, 2.24) is 0 Å². The predicted molar refractivity (Wildman–Crippen MR) is 183 cm³/mol. The summed E-state index contributed by atoms with van der Waals surface area (Å²) in [5.41, 5.74) is 2.03. The van der Waals surface area contributed by atoms with Gasteiger partial charge in [0.2, 0.25) is 0 Å². The molecule has 0 unspecified atom stereocenters. The van der Waals surface area contributed by atoms with Gasteiger partial charge in [0.25, 0.3) is 0 Å². The molecule has 4 aromatic rings. The van der Waals surface area contributed by atoms with Crippen LogP contribution >= 0.6 is 0 Å². The van der Waals surface area contributed by atoms with Gasteiger partial charge in [-0.2, -0.15) is 0 Å². The van der Waals surface area contributed by atoms with Gasteiger partial charge in [-0.1, -0.05) is 113 Å². The number of ether oxygens (including phenoxy) is 2. The van der Waals surface area contributed by atoms with Gasteiger partial charge in [0.05, 0.1) is 9.79 Å². The van der Waals surface area contributed by atoms with E-state index in [1.165, 1.54) is 62.1 Å². The van der Waals surface area contributed by atoms with Crippen LogP contribution in [0.3, 0.4) is 0 Å². The van der Waals surface area contributed by atoms with Crippen LogP contribution in [-0.4, -0.2) is 63.7 Å². The average molecular weight is 707 g/mol. The summed E-state index contributed by atoms with van der Waals surface area (Å²) in [5, 5.41) is 0. The first-order valence-electron chi connectivity index (χ1n) is 15.7. The Morgan fingerprint density at radius 2 is 0.787 bits per heavy atom. The largest absolute Gasteiger partial charge is 2.00 e. The Bertz CT molecular complexity index is 1610. The van der Waals surface area contributed by atoms with E-state index in [9.17, 15) is 25.9 Å². The second-order valence-corrected chi connectivity index (χ2v) is 13.5. The molecule has 47 heavy (non-hydrogen) atoms. The molecule has 248 valence electrons. The topological polar surface area (TPSA) is 133 Å². The molecule has 0 fully saturated rings. The Hall–Kier alpha value is -2.44. The van der Waals surface area contributed by atoms with Crippen molar-refractivity contribution in [2.45, 2.75) is 87.8 Å². The molecular weight excluding hydrogens is 665 g/mol. The Balaban J connectivity index is 0.000000320. The summed E-state index contributed by atoms with van der Waals surface area (Å²) >= 11 is 0. The third-order valence-electron chi connectivity index (χ3n) is 7.22. The van der Waals surface area contributed by atoms with Crippen molar-refractivity contribution in [3.8, 4) is 23.0 Å². The van der Waals surface area contributed by atoms with E-state index >= 15 is 0 Å². The Kier molecular flexibility index (Phi) is 18.0. The monoisotopic (exact) mass is 706 g/mol. The van der Waals surface area contributed by atoms with Crippen LogP contribution in [0.1, 0.15) is 76.3 Å². The van der Waals surface area contributed by atoms with Crippen molar-refractivity contribution < 1.29 is 35.4 Å². The number of rotatable bonds is 16. The smallest absolute Gasteiger partial charge is 0.744 e. The van der Waals surface area contributed by atoms with Crippen molar-refractivity contribution in [2.75, 3.05) is 0 Å². The summed E-state index contributed by atoms with van der Waals surface area (Å²) < 4.78 is 79.5. The van der Waals surface area contributed by atoms with Crippen molar-refractivity contribution in [3.63, 3.8) is 0 Å². The van der Waals surface area contributed by atoms with Gasteiger partial charge in [0.15, 0.2) is 0 Å². The molecule has 4 aromatic carbocycles. The van der Waals surface area contributed by atoms with Crippen LogP contribution in [0.15, 0.2) is 107 Å². The van der Waals surface area contributed by atoms with Crippen LogP contribution in [-0.2, 0) is 33.1 Å². The van der Waals surface area contributed by atoms with Crippen LogP contribution < -0.4 is 9.47 Å². The fraction of sp³-hybridized carbons (Fsp3) is 0.333. The minimum absolute atomic E-state index is 0. The standard InChI is InChI=1S/2C18H22O4S.Ca/c2*1-2-3-4-5-10-15-11-6-7-12-16(15)22-17-13-8-9-14-18(17)23(19,20)21;/h2*6-9,11-14H,2-5,10H2,1H3,(H,19,20,21);/q;;+2/p-2. The minimum atomic E-state index is -4.57. The van der Waals surface area contributed by atoms with Crippen molar-refractivity contribution in [2.24, 2.45) is 0 Å². The second-order valence-electron chi connectivity index (χ2n) is 10.8. The molecule has 8 nitrogen and oxygen atoms in total. The van der Waals surface area contributed by atoms with Crippen LogP contribution in [0, 0.1) is 0 Å².